The van der Waals surface area contributed by atoms with Crippen LogP contribution in [0.1, 0.15) is 28.4 Å². The molecule has 1 fully saturated rings. The van der Waals surface area contributed by atoms with Crippen LogP contribution in [0.4, 0.5) is 14.5 Å². The van der Waals surface area contributed by atoms with Crippen LogP contribution in [-0.4, -0.2) is 34.4 Å². The van der Waals surface area contributed by atoms with Crippen molar-refractivity contribution in [3.8, 4) is 0 Å². The van der Waals surface area contributed by atoms with Crippen molar-refractivity contribution in [1.29, 1.82) is 0 Å². The molecule has 3 rings (SSSR count). The van der Waals surface area contributed by atoms with Gasteiger partial charge in [0.2, 0.25) is 0 Å². The summed E-state index contributed by atoms with van der Waals surface area (Å²) in [5.74, 6) is -3.88. The molecule has 3 N–H and O–H groups in total. The highest BCUT2D eigenvalue weighted by Crippen LogP contribution is 2.46. The first-order chi connectivity index (χ1) is 8.87. The minimum Gasteiger partial charge on any atom is -0.478 e. The van der Waals surface area contributed by atoms with Crippen molar-refractivity contribution >= 4 is 17.6 Å². The molecule has 2 aliphatic rings. The summed E-state index contributed by atoms with van der Waals surface area (Å²) in [6, 6.07) is 3.68. The summed E-state index contributed by atoms with van der Waals surface area (Å²) in [6.45, 7) is -0.482. The minimum absolute atomic E-state index is 0.0535. The smallest absolute Gasteiger partial charge is 0.335 e. The molecular formula is C12H11F2N3O2. The standard InChI is InChI=1S/C12H11F2N3O2/c13-12(14)4-9-7-3-6(10(18)19)1-2-8(7)16-11(15)17(9)5-12/h1-3,9H,4-5H2,(H2,15,16)(H,18,19)/t9-/m1/s1. The Balaban J connectivity index is 2.11. The second kappa shape index (κ2) is 3.66. The summed E-state index contributed by atoms with van der Waals surface area (Å²) in [5.41, 5.74) is 6.69. The number of nitrogens with two attached hydrogens (primary N) is 1. The predicted octanol–water partition coefficient (Wildman–Crippen LogP) is 1.73. The number of carbonyl (C=O) groups is 1. The first kappa shape index (κ1) is 11.9. The molecular weight excluding hydrogens is 256 g/mol. The summed E-state index contributed by atoms with van der Waals surface area (Å²) in [7, 11) is 0. The largest absolute Gasteiger partial charge is 0.478 e. The molecule has 100 valence electrons. The van der Waals surface area contributed by atoms with E-state index in [9.17, 15) is 13.6 Å². The SMILES string of the molecule is NC1=Nc2ccc(C(=O)O)cc2[C@H]2CC(F)(F)CN12. The van der Waals surface area contributed by atoms with E-state index in [1.54, 1.807) is 0 Å². The maximum atomic E-state index is 13.5. The molecule has 0 spiro atoms. The fourth-order valence-electron chi connectivity index (χ4n) is 2.58. The number of nitrogens with zero attached hydrogens (tertiary/aromatic N) is 2. The number of hydrogen-bond acceptors (Lipinski definition) is 4. The molecule has 1 saturated heterocycles. The predicted molar refractivity (Wildman–Crippen MR) is 63.7 cm³/mol. The Morgan fingerprint density at radius 1 is 1.53 bits per heavy atom. The molecule has 1 atom stereocenters. The zero-order valence-corrected chi connectivity index (χ0v) is 9.81. The number of aromatic carboxylic acids is 1. The van der Waals surface area contributed by atoms with Gasteiger partial charge < -0.3 is 15.7 Å². The van der Waals surface area contributed by atoms with Crippen LogP contribution in [0.3, 0.4) is 0 Å². The molecule has 0 unspecified atom stereocenters. The lowest BCUT2D eigenvalue weighted by Crippen LogP contribution is -2.40. The number of guanidine groups is 1. The monoisotopic (exact) mass is 267 g/mol. The van der Waals surface area contributed by atoms with E-state index in [-0.39, 0.29) is 17.9 Å². The molecule has 1 aromatic carbocycles. The third kappa shape index (κ3) is 1.81. The number of benzene rings is 1. The summed E-state index contributed by atoms with van der Waals surface area (Å²) >= 11 is 0. The van der Waals surface area contributed by atoms with Crippen LogP contribution < -0.4 is 5.73 Å². The molecule has 7 heteroatoms. The van der Waals surface area contributed by atoms with Crippen molar-refractivity contribution in [2.45, 2.75) is 18.4 Å². The number of alkyl halides is 2. The summed E-state index contributed by atoms with van der Waals surface area (Å²) < 4.78 is 27.0. The molecule has 0 aliphatic carbocycles. The lowest BCUT2D eigenvalue weighted by Gasteiger charge is -2.30. The van der Waals surface area contributed by atoms with E-state index in [2.05, 4.69) is 4.99 Å². The Hall–Kier alpha value is -2.18. The number of fused-ring (bicyclic) bond motifs is 3. The van der Waals surface area contributed by atoms with Gasteiger partial charge in [-0.1, -0.05) is 0 Å². The highest BCUT2D eigenvalue weighted by Gasteiger charge is 2.48. The van der Waals surface area contributed by atoms with Gasteiger partial charge >= 0.3 is 5.97 Å². The minimum atomic E-state index is -2.84. The van der Waals surface area contributed by atoms with Gasteiger partial charge in [-0.15, -0.1) is 0 Å². The Kier molecular flexibility index (Phi) is 2.29. The second-order valence-corrected chi connectivity index (χ2v) is 4.75. The molecule has 0 amide bonds. The average Bonchev–Trinajstić information content (AvgIpc) is 2.65. The van der Waals surface area contributed by atoms with Gasteiger partial charge in [-0.05, 0) is 18.2 Å². The number of hydrogen-bond donors (Lipinski definition) is 2. The summed E-state index contributed by atoms with van der Waals surface area (Å²) in [5, 5.41) is 8.96. The van der Waals surface area contributed by atoms with Gasteiger partial charge in [-0.3, -0.25) is 0 Å². The third-order valence-electron chi connectivity index (χ3n) is 3.43. The molecule has 2 heterocycles. The van der Waals surface area contributed by atoms with Gasteiger partial charge in [0.1, 0.15) is 0 Å². The van der Waals surface area contributed by atoms with Crippen LogP contribution in [0.2, 0.25) is 0 Å². The van der Waals surface area contributed by atoms with Crippen LogP contribution in [0.25, 0.3) is 0 Å². The lowest BCUT2D eigenvalue weighted by atomic mass is 9.98. The van der Waals surface area contributed by atoms with Crippen LogP contribution in [0, 0.1) is 0 Å². The van der Waals surface area contributed by atoms with Gasteiger partial charge in [0.05, 0.1) is 23.8 Å². The first-order valence-electron chi connectivity index (χ1n) is 5.73. The quantitative estimate of drug-likeness (QED) is 0.812. The molecule has 2 aliphatic heterocycles. The molecule has 0 radical (unpaired) electrons. The number of carboxylic acid groups (broad SMARTS) is 1. The lowest BCUT2D eigenvalue weighted by molar-refractivity contribution is 0.0164. The normalized spacial score (nSPS) is 23.6. The van der Waals surface area contributed by atoms with Gasteiger partial charge in [0.15, 0.2) is 5.96 Å². The van der Waals surface area contributed by atoms with E-state index >= 15 is 0 Å². The summed E-state index contributed by atoms with van der Waals surface area (Å²) in [4.78, 5) is 16.3. The van der Waals surface area contributed by atoms with Crippen molar-refractivity contribution in [2.75, 3.05) is 6.54 Å². The van der Waals surface area contributed by atoms with Gasteiger partial charge in [0, 0.05) is 12.0 Å². The second-order valence-electron chi connectivity index (χ2n) is 4.75. The fourth-order valence-corrected chi connectivity index (χ4v) is 2.58. The number of carboxylic acids is 1. The van der Waals surface area contributed by atoms with Crippen LogP contribution in [-0.2, 0) is 0 Å². The van der Waals surface area contributed by atoms with E-state index in [1.807, 2.05) is 0 Å². The van der Waals surface area contributed by atoms with Crippen LogP contribution >= 0.6 is 0 Å². The third-order valence-corrected chi connectivity index (χ3v) is 3.43. The Labute approximate surface area is 107 Å². The van der Waals surface area contributed by atoms with Gasteiger partial charge in [-0.2, -0.15) is 0 Å². The van der Waals surface area contributed by atoms with Gasteiger partial charge in [-0.25, -0.2) is 18.6 Å². The van der Waals surface area contributed by atoms with Gasteiger partial charge in [0.25, 0.3) is 5.92 Å². The van der Waals surface area contributed by atoms with Crippen molar-refractivity contribution in [1.82, 2.24) is 4.90 Å². The fraction of sp³-hybridized carbons (Fsp3) is 0.333. The maximum absolute atomic E-state index is 13.5. The number of rotatable bonds is 1. The zero-order chi connectivity index (χ0) is 13.8. The van der Waals surface area contributed by atoms with E-state index in [0.717, 1.165) is 0 Å². The molecule has 0 bridgehead atoms. The summed E-state index contributed by atoms with van der Waals surface area (Å²) in [6.07, 6.45) is -0.376. The number of halogens is 2. The molecule has 19 heavy (non-hydrogen) atoms. The van der Waals surface area contributed by atoms with Crippen LogP contribution in [0.15, 0.2) is 23.2 Å². The number of aliphatic imine (C=N–C) groups is 1. The topological polar surface area (TPSA) is 78.9 Å². The van der Waals surface area contributed by atoms with Crippen LogP contribution in [0.5, 0.6) is 0 Å². The molecule has 0 saturated carbocycles. The van der Waals surface area contributed by atoms with E-state index in [0.29, 0.717) is 11.3 Å². The van der Waals surface area contributed by atoms with Crippen molar-refractivity contribution in [3.05, 3.63) is 29.3 Å². The Morgan fingerprint density at radius 3 is 2.95 bits per heavy atom. The van der Waals surface area contributed by atoms with E-state index in [4.69, 9.17) is 10.8 Å². The van der Waals surface area contributed by atoms with E-state index in [1.165, 1.54) is 23.1 Å². The van der Waals surface area contributed by atoms with Crippen molar-refractivity contribution in [2.24, 2.45) is 10.7 Å². The van der Waals surface area contributed by atoms with E-state index < -0.39 is 24.5 Å². The molecule has 1 aromatic rings. The average molecular weight is 267 g/mol. The Bertz CT molecular complexity index is 601. The zero-order valence-electron chi connectivity index (χ0n) is 9.81. The molecule has 5 nitrogen and oxygen atoms in total. The Morgan fingerprint density at radius 2 is 2.26 bits per heavy atom. The van der Waals surface area contributed by atoms with Crippen molar-refractivity contribution < 1.29 is 18.7 Å². The molecule has 0 aromatic heterocycles. The first-order valence-corrected chi connectivity index (χ1v) is 5.73. The maximum Gasteiger partial charge on any atom is 0.335 e. The van der Waals surface area contributed by atoms with Crippen molar-refractivity contribution in [3.63, 3.8) is 0 Å². The highest BCUT2D eigenvalue weighted by molar-refractivity contribution is 5.90. The highest BCUT2D eigenvalue weighted by atomic mass is 19.3.